The maximum atomic E-state index is 12.1. The van der Waals surface area contributed by atoms with E-state index in [1.54, 1.807) is 11.3 Å². The molecule has 1 heterocycles. The fourth-order valence-corrected chi connectivity index (χ4v) is 3.03. The first-order chi connectivity index (χ1) is 9.47. The molecule has 0 saturated heterocycles. The largest absolute Gasteiger partial charge is 0.485 e. The molecule has 0 aliphatic carbocycles. The van der Waals surface area contributed by atoms with Crippen molar-refractivity contribution in [3.63, 3.8) is 0 Å². The number of benzene rings is 1. The van der Waals surface area contributed by atoms with E-state index in [0.717, 1.165) is 21.1 Å². The molecule has 0 atom stereocenters. The van der Waals surface area contributed by atoms with E-state index in [2.05, 4.69) is 13.8 Å². The van der Waals surface area contributed by atoms with Crippen molar-refractivity contribution in [1.29, 1.82) is 0 Å². The van der Waals surface area contributed by atoms with Crippen molar-refractivity contribution >= 4 is 17.1 Å². The molecule has 2 rings (SSSR count). The molecule has 1 aromatic carbocycles. The number of ketones is 1. The highest BCUT2D eigenvalue weighted by molar-refractivity contribution is 7.12. The summed E-state index contributed by atoms with van der Waals surface area (Å²) in [6.45, 7) is 8.39. The number of hydrogen-bond acceptors (Lipinski definition) is 3. The molecule has 0 N–H and O–H groups in total. The minimum absolute atomic E-state index is 0.0415. The Morgan fingerprint density at radius 1 is 1.20 bits per heavy atom. The third-order valence-electron chi connectivity index (χ3n) is 3.26. The Kier molecular flexibility index (Phi) is 4.61. The average molecular weight is 288 g/mol. The van der Waals surface area contributed by atoms with Gasteiger partial charge < -0.3 is 4.74 Å². The molecule has 0 saturated carbocycles. The number of ether oxygens (including phenoxy) is 1. The summed E-state index contributed by atoms with van der Waals surface area (Å²) < 4.78 is 5.58. The summed E-state index contributed by atoms with van der Waals surface area (Å²) in [5, 5.41) is 0. The molecular weight excluding hydrogens is 268 g/mol. The average Bonchev–Trinajstić information content (AvgIpc) is 2.75. The van der Waals surface area contributed by atoms with Crippen LogP contribution in [0.3, 0.4) is 0 Å². The Morgan fingerprint density at radius 2 is 1.85 bits per heavy atom. The van der Waals surface area contributed by atoms with Crippen LogP contribution >= 0.6 is 11.3 Å². The summed E-state index contributed by atoms with van der Waals surface area (Å²) >= 11 is 1.65. The van der Waals surface area contributed by atoms with Crippen molar-refractivity contribution in [1.82, 2.24) is 0 Å². The van der Waals surface area contributed by atoms with Crippen LogP contribution in [0.5, 0.6) is 5.75 Å². The maximum absolute atomic E-state index is 12.1. The first kappa shape index (κ1) is 14.8. The Hall–Kier alpha value is -1.61. The molecule has 0 amide bonds. The van der Waals surface area contributed by atoms with Crippen LogP contribution in [0.15, 0.2) is 30.3 Å². The minimum atomic E-state index is 0.0415. The Morgan fingerprint density at radius 3 is 2.35 bits per heavy atom. The van der Waals surface area contributed by atoms with Gasteiger partial charge in [0.25, 0.3) is 0 Å². The Labute approximate surface area is 124 Å². The number of carbonyl (C=O) groups excluding carboxylic acids is 1. The van der Waals surface area contributed by atoms with E-state index in [9.17, 15) is 4.79 Å². The zero-order valence-corrected chi connectivity index (χ0v) is 13.2. The van der Waals surface area contributed by atoms with Crippen molar-refractivity contribution in [2.24, 2.45) is 0 Å². The topological polar surface area (TPSA) is 26.3 Å². The van der Waals surface area contributed by atoms with Crippen LogP contribution in [0.2, 0.25) is 0 Å². The van der Waals surface area contributed by atoms with Gasteiger partial charge in [0, 0.05) is 15.3 Å². The lowest BCUT2D eigenvalue weighted by Crippen LogP contribution is -2.11. The first-order valence-corrected chi connectivity index (χ1v) is 7.62. The van der Waals surface area contributed by atoms with Gasteiger partial charge in [-0.2, -0.15) is 0 Å². The Bertz CT molecular complexity index is 594. The summed E-state index contributed by atoms with van der Waals surface area (Å²) in [6, 6.07) is 9.88. The fourth-order valence-electron chi connectivity index (χ4n) is 2.08. The molecule has 0 aliphatic heterocycles. The SMILES string of the molecule is Cc1cc(C(=O)COc2ccc(C(C)C)cc2)c(C)s1. The van der Waals surface area contributed by atoms with Gasteiger partial charge in [0.15, 0.2) is 6.61 Å². The summed E-state index contributed by atoms with van der Waals surface area (Å²) in [5.74, 6) is 1.29. The van der Waals surface area contributed by atoms with Gasteiger partial charge in [0.2, 0.25) is 5.78 Å². The van der Waals surface area contributed by atoms with Gasteiger partial charge in [-0.25, -0.2) is 0 Å². The van der Waals surface area contributed by atoms with Crippen molar-refractivity contribution < 1.29 is 9.53 Å². The first-order valence-electron chi connectivity index (χ1n) is 6.80. The molecule has 2 aromatic rings. The van der Waals surface area contributed by atoms with E-state index in [4.69, 9.17) is 4.74 Å². The van der Waals surface area contributed by atoms with E-state index < -0.39 is 0 Å². The number of aryl methyl sites for hydroxylation is 2. The summed E-state index contributed by atoms with van der Waals surface area (Å²) in [4.78, 5) is 14.3. The minimum Gasteiger partial charge on any atom is -0.485 e. The van der Waals surface area contributed by atoms with Crippen LogP contribution in [0.25, 0.3) is 0 Å². The van der Waals surface area contributed by atoms with E-state index in [-0.39, 0.29) is 12.4 Å². The smallest absolute Gasteiger partial charge is 0.201 e. The third-order valence-corrected chi connectivity index (χ3v) is 4.22. The number of carbonyl (C=O) groups is 1. The number of Topliss-reactive ketones (excluding diaryl/α,β-unsaturated/α-hetero) is 1. The van der Waals surface area contributed by atoms with Gasteiger partial charge >= 0.3 is 0 Å². The molecule has 106 valence electrons. The number of hydrogen-bond donors (Lipinski definition) is 0. The molecule has 0 radical (unpaired) electrons. The normalized spacial score (nSPS) is 10.8. The second-order valence-corrected chi connectivity index (χ2v) is 6.72. The van der Waals surface area contributed by atoms with Gasteiger partial charge in [0.1, 0.15) is 5.75 Å². The second-order valence-electron chi connectivity index (χ2n) is 5.26. The van der Waals surface area contributed by atoms with E-state index in [0.29, 0.717) is 5.92 Å². The van der Waals surface area contributed by atoms with Crippen LogP contribution in [0.4, 0.5) is 0 Å². The van der Waals surface area contributed by atoms with Gasteiger partial charge in [-0.15, -0.1) is 11.3 Å². The molecule has 2 nitrogen and oxygen atoms in total. The molecule has 0 spiro atoms. The van der Waals surface area contributed by atoms with Crippen molar-refractivity contribution in [2.45, 2.75) is 33.6 Å². The lowest BCUT2D eigenvalue weighted by atomic mass is 10.0. The second kappa shape index (κ2) is 6.23. The summed E-state index contributed by atoms with van der Waals surface area (Å²) in [5.41, 5.74) is 2.05. The lowest BCUT2D eigenvalue weighted by molar-refractivity contribution is 0.0921. The van der Waals surface area contributed by atoms with E-state index in [1.807, 2.05) is 44.2 Å². The summed E-state index contributed by atoms with van der Waals surface area (Å²) in [7, 11) is 0. The maximum Gasteiger partial charge on any atom is 0.201 e. The van der Waals surface area contributed by atoms with Crippen LogP contribution in [-0.4, -0.2) is 12.4 Å². The molecule has 20 heavy (non-hydrogen) atoms. The van der Waals surface area contributed by atoms with Crippen molar-refractivity contribution in [3.8, 4) is 5.75 Å². The zero-order valence-electron chi connectivity index (χ0n) is 12.4. The van der Waals surface area contributed by atoms with E-state index >= 15 is 0 Å². The van der Waals surface area contributed by atoms with Crippen LogP contribution in [-0.2, 0) is 0 Å². The molecule has 0 fully saturated rings. The van der Waals surface area contributed by atoms with Crippen molar-refractivity contribution in [3.05, 3.63) is 51.2 Å². The number of rotatable bonds is 5. The zero-order chi connectivity index (χ0) is 14.7. The third kappa shape index (κ3) is 3.48. The van der Waals surface area contributed by atoms with Crippen LogP contribution < -0.4 is 4.74 Å². The summed E-state index contributed by atoms with van der Waals surface area (Å²) in [6.07, 6.45) is 0. The Balaban J connectivity index is 1.98. The molecule has 1 aromatic heterocycles. The predicted molar refractivity (Wildman–Crippen MR) is 84.1 cm³/mol. The molecule has 0 unspecified atom stereocenters. The fraction of sp³-hybridized carbons (Fsp3) is 0.353. The molecule has 0 aliphatic rings. The molecule has 3 heteroatoms. The monoisotopic (exact) mass is 288 g/mol. The van der Waals surface area contributed by atoms with Gasteiger partial charge in [-0.1, -0.05) is 26.0 Å². The van der Waals surface area contributed by atoms with Crippen molar-refractivity contribution in [2.75, 3.05) is 6.61 Å². The lowest BCUT2D eigenvalue weighted by Gasteiger charge is -2.08. The molecule has 0 bridgehead atoms. The van der Waals surface area contributed by atoms with Crippen LogP contribution in [0, 0.1) is 13.8 Å². The highest BCUT2D eigenvalue weighted by atomic mass is 32.1. The van der Waals surface area contributed by atoms with Gasteiger partial charge in [-0.3, -0.25) is 4.79 Å². The highest BCUT2D eigenvalue weighted by Crippen LogP contribution is 2.22. The predicted octanol–water partition coefficient (Wildman–Crippen LogP) is 4.75. The van der Waals surface area contributed by atoms with Crippen LogP contribution in [0.1, 0.15) is 45.4 Å². The molecular formula is C17H20O2S. The standard InChI is InChI=1S/C17H20O2S/c1-11(2)14-5-7-15(8-6-14)19-10-17(18)16-9-12(3)20-13(16)4/h5-9,11H,10H2,1-4H3. The van der Waals surface area contributed by atoms with Gasteiger partial charge in [0.05, 0.1) is 0 Å². The quantitative estimate of drug-likeness (QED) is 0.742. The highest BCUT2D eigenvalue weighted by Gasteiger charge is 2.12. The number of thiophene rings is 1. The van der Waals surface area contributed by atoms with Gasteiger partial charge in [-0.05, 0) is 43.5 Å². The van der Waals surface area contributed by atoms with E-state index in [1.165, 1.54) is 5.56 Å².